The topological polar surface area (TPSA) is 111 Å². The Morgan fingerprint density at radius 2 is 0.470 bits per heavy atom. The molecule has 28 aromatic rings. The van der Waals surface area contributed by atoms with E-state index in [1.807, 2.05) is 54.9 Å². The maximum Gasteiger partial charge on any atom is 0.227 e. The zero-order valence-corrected chi connectivity index (χ0v) is 72.6. The van der Waals surface area contributed by atoms with E-state index in [0.29, 0.717) is 17.1 Å². The second-order valence-corrected chi connectivity index (χ2v) is 34.5. The predicted octanol–water partition coefficient (Wildman–Crippen LogP) is 32.8. The minimum absolute atomic E-state index is 0.669. The van der Waals surface area contributed by atoms with Crippen LogP contribution in [0.4, 0.5) is 0 Å². The molecule has 0 N–H and O–H groups in total. The molecule has 0 radical (unpaired) electrons. The summed E-state index contributed by atoms with van der Waals surface area (Å²) in [5.74, 6) is 0. The summed E-state index contributed by atoms with van der Waals surface area (Å²) in [5, 5.41) is 18.7. The number of hydrogen-bond donors (Lipinski definition) is 0. The van der Waals surface area contributed by atoms with Crippen molar-refractivity contribution in [3.05, 3.63) is 441 Å². The number of fused-ring (bicyclic) bond motifs is 24. The van der Waals surface area contributed by atoms with Gasteiger partial charge in [0.25, 0.3) is 0 Å². The number of benzene rings is 17. The summed E-state index contributed by atoms with van der Waals surface area (Å²) >= 11 is 0. The number of hydrogen-bond acceptors (Lipinski definition) is 7. The molecule has 0 bridgehead atoms. The fraction of sp³-hybridized carbons (Fsp3) is 0.0331. The maximum absolute atomic E-state index is 6.06. The van der Waals surface area contributed by atoms with Crippen LogP contribution < -0.4 is 0 Å². The van der Waals surface area contributed by atoms with Gasteiger partial charge in [-0.2, -0.15) is 0 Å². The molecule has 624 valence electrons. The van der Waals surface area contributed by atoms with E-state index in [1.165, 1.54) is 143 Å². The number of rotatable bonds is 8. The Morgan fingerprint density at radius 1 is 0.167 bits per heavy atom. The highest BCUT2D eigenvalue weighted by Gasteiger charge is 2.23. The first kappa shape index (κ1) is 77.0. The molecule has 0 aliphatic rings. The Kier molecular flexibility index (Phi) is 18.2. The van der Waals surface area contributed by atoms with Crippen LogP contribution in [0.2, 0.25) is 0 Å². The molecule has 0 atom stereocenters. The Labute approximate surface area is 757 Å². The third-order valence-corrected chi connectivity index (χ3v) is 26.1. The molecule has 0 aliphatic heterocycles. The monoisotopic (exact) mass is 1700 g/mol. The van der Waals surface area contributed by atoms with Crippen molar-refractivity contribution in [1.82, 2.24) is 33.2 Å². The number of aryl methyl sites for hydroxylation is 4. The van der Waals surface area contributed by atoms with Crippen molar-refractivity contribution >= 4 is 175 Å². The quantitative estimate of drug-likeness (QED) is 0.149. The maximum atomic E-state index is 6.06. The highest BCUT2D eigenvalue weighted by molar-refractivity contribution is 6.16. The molecule has 17 aromatic carbocycles. The molecule has 11 heteroatoms. The summed E-state index contributed by atoms with van der Waals surface area (Å²) in [7, 11) is 0. The summed E-state index contributed by atoms with van der Waals surface area (Å²) in [6.45, 7) is 8.48. The summed E-state index contributed by atoms with van der Waals surface area (Å²) in [4.78, 5) is 13.5. The van der Waals surface area contributed by atoms with Crippen LogP contribution in [0.5, 0.6) is 0 Å². The molecule has 0 amide bonds. The van der Waals surface area contributed by atoms with Crippen LogP contribution in [-0.4, -0.2) is 33.2 Å². The van der Waals surface area contributed by atoms with E-state index in [4.69, 9.17) is 17.7 Å². The van der Waals surface area contributed by atoms with Crippen molar-refractivity contribution in [2.45, 2.75) is 27.7 Å². The van der Waals surface area contributed by atoms with Gasteiger partial charge in [0.1, 0.15) is 27.9 Å². The van der Waals surface area contributed by atoms with Crippen LogP contribution in [0.1, 0.15) is 22.3 Å². The van der Waals surface area contributed by atoms with Gasteiger partial charge in [-0.25, -0.2) is 15.0 Å². The highest BCUT2D eigenvalue weighted by atomic mass is 16.3. The van der Waals surface area contributed by atoms with E-state index in [9.17, 15) is 0 Å². The highest BCUT2D eigenvalue weighted by Crippen LogP contribution is 2.44. The minimum atomic E-state index is 0.669. The molecular weight excluding hydrogens is 1620 g/mol. The lowest BCUT2D eigenvalue weighted by Crippen LogP contribution is -1.94. The lowest BCUT2D eigenvalue weighted by molar-refractivity contribution is 0.653. The van der Waals surface area contributed by atoms with Crippen molar-refractivity contribution in [3.8, 4) is 67.3 Å². The third-order valence-electron chi connectivity index (χ3n) is 26.1. The van der Waals surface area contributed by atoms with E-state index < -0.39 is 0 Å². The van der Waals surface area contributed by atoms with Gasteiger partial charge in [0.2, 0.25) is 17.1 Å². The first-order chi connectivity index (χ1) is 65.0. The zero-order valence-electron chi connectivity index (χ0n) is 72.6. The Morgan fingerprint density at radius 3 is 0.947 bits per heavy atom. The van der Waals surface area contributed by atoms with Gasteiger partial charge in [-0.1, -0.05) is 253 Å². The fourth-order valence-electron chi connectivity index (χ4n) is 20.0. The second-order valence-electron chi connectivity index (χ2n) is 34.5. The Bertz CT molecular complexity index is 8830. The average molecular weight is 1700 g/mol. The van der Waals surface area contributed by atoms with Gasteiger partial charge in [-0.05, 0) is 242 Å². The molecule has 28 rings (SSSR count). The zero-order chi connectivity index (χ0) is 87.8. The van der Waals surface area contributed by atoms with Crippen LogP contribution in [0.15, 0.2) is 437 Å². The van der Waals surface area contributed by atoms with Gasteiger partial charge < -0.3 is 35.9 Å². The largest absolute Gasteiger partial charge is 0.456 e. The normalized spacial score (nSPS) is 11.8. The molecule has 0 aliphatic carbocycles. The third kappa shape index (κ3) is 13.1. The average Bonchev–Trinajstić information content (AvgIpc) is 1.59. The van der Waals surface area contributed by atoms with Crippen LogP contribution in [-0.2, 0) is 0 Å². The Balaban J connectivity index is 0.0000000945. The summed E-state index contributed by atoms with van der Waals surface area (Å²) in [5.41, 5.74) is 35.2. The minimum Gasteiger partial charge on any atom is -0.456 e. The van der Waals surface area contributed by atoms with Crippen molar-refractivity contribution in [2.75, 3.05) is 0 Å². The molecular formula is C121H81N7O4. The number of nitrogens with zero attached hydrogens (tertiary/aromatic N) is 7. The number of aromatic nitrogens is 7. The second kappa shape index (κ2) is 31.3. The van der Waals surface area contributed by atoms with Crippen LogP contribution >= 0.6 is 0 Å². The first-order valence-corrected chi connectivity index (χ1v) is 44.7. The van der Waals surface area contributed by atoms with E-state index in [2.05, 4.69) is 419 Å². The molecule has 0 saturated heterocycles. The van der Waals surface area contributed by atoms with Crippen LogP contribution in [0.25, 0.3) is 243 Å². The molecule has 0 fully saturated rings. The van der Waals surface area contributed by atoms with Crippen molar-refractivity contribution in [3.63, 3.8) is 0 Å². The molecule has 0 spiro atoms. The molecule has 132 heavy (non-hydrogen) atoms. The van der Waals surface area contributed by atoms with Gasteiger partial charge in [-0.15, -0.1) is 0 Å². The van der Waals surface area contributed by atoms with Gasteiger partial charge in [0.15, 0.2) is 0 Å². The number of para-hydroxylation sites is 7. The fourth-order valence-corrected chi connectivity index (χ4v) is 20.0. The SMILES string of the molecule is Cc1cccc(-c2ccc3c(c2)c2ccccc2n3-c2ccc3oc4ccccc4c3c2)c1.Cc1cccc(-c2ccc3c(c2)c2ccccc2n3-c2ccc3oc4ncccc4c3c2)c1.Cc1cccc(-c2ccc3c(c2)c2ccccc2n3-c2cnc3oc4ccccc4c3c2)c1.Cc1cnc2oc3ccc(-c4cccc(-n5c6ccccc6c6ccccc65)c4)cc3c2c1. The van der Waals surface area contributed by atoms with Gasteiger partial charge >= 0.3 is 0 Å². The molecule has 0 saturated carbocycles. The van der Waals surface area contributed by atoms with Crippen molar-refractivity contribution in [2.24, 2.45) is 0 Å². The number of furan rings is 4. The first-order valence-electron chi connectivity index (χ1n) is 44.7. The lowest BCUT2D eigenvalue weighted by atomic mass is 10.0. The van der Waals surface area contributed by atoms with Gasteiger partial charge in [0, 0.05) is 110 Å². The lowest BCUT2D eigenvalue weighted by Gasteiger charge is -2.10. The number of pyridine rings is 3. The van der Waals surface area contributed by atoms with E-state index in [1.54, 1.807) is 6.20 Å². The van der Waals surface area contributed by atoms with Crippen LogP contribution in [0, 0.1) is 27.7 Å². The standard InChI is InChI=1S/C31H21NO.3C30H20N2O/c1-20-7-6-8-21(17-20)22-13-15-29-26(18-22)24-9-2-4-11-28(24)32(29)23-14-16-31-27(19-23)25-10-3-5-12-30(25)33-31;1-19-15-26-25-17-21(13-14-29(25)33-30(26)31-18-19)20-7-6-8-22(16-20)32-27-11-4-2-9-23(27)24-10-3-5-12-28(24)32;1-19-7-6-8-20(15-19)21-13-14-28-25(16-21)23-9-2-4-11-27(23)32(28)22-17-26-24-10-3-5-12-29(24)33-30(26)31-18-22;1-19-6-4-7-20(16-19)21-11-13-28-25(17-21)23-8-2-3-10-27(23)32(28)22-12-14-29-26(18-22)24-9-5-15-31-30(24)33-29/h2-19H,1H3;3*2-18H,1H3. The van der Waals surface area contributed by atoms with Gasteiger partial charge in [0.05, 0.1) is 61.4 Å². The summed E-state index contributed by atoms with van der Waals surface area (Å²) in [6.07, 6.45) is 5.52. The van der Waals surface area contributed by atoms with E-state index in [0.717, 1.165) is 105 Å². The Hall–Kier alpha value is -17.4. The molecule has 11 nitrogen and oxygen atoms in total. The van der Waals surface area contributed by atoms with Crippen molar-refractivity contribution < 1.29 is 17.7 Å². The summed E-state index contributed by atoms with van der Waals surface area (Å²) < 4.78 is 33.3. The molecule has 11 heterocycles. The van der Waals surface area contributed by atoms with Gasteiger partial charge in [-0.3, -0.25) is 0 Å². The summed E-state index contributed by atoms with van der Waals surface area (Å²) in [6, 6.07) is 142. The van der Waals surface area contributed by atoms with E-state index in [-0.39, 0.29) is 0 Å². The van der Waals surface area contributed by atoms with E-state index >= 15 is 0 Å². The smallest absolute Gasteiger partial charge is 0.227 e. The molecule has 11 aromatic heterocycles. The molecule has 0 unspecified atom stereocenters. The predicted molar refractivity (Wildman–Crippen MR) is 546 cm³/mol. The van der Waals surface area contributed by atoms with Crippen molar-refractivity contribution in [1.29, 1.82) is 0 Å². The van der Waals surface area contributed by atoms with Crippen LogP contribution in [0.3, 0.4) is 0 Å².